The summed E-state index contributed by atoms with van der Waals surface area (Å²) < 4.78 is 6.22. The van der Waals surface area contributed by atoms with Gasteiger partial charge in [0, 0.05) is 19.6 Å². The molecule has 1 aliphatic rings. The molecule has 1 atom stereocenters. The average Bonchev–Trinajstić information content (AvgIpc) is 2.55. The van der Waals surface area contributed by atoms with Gasteiger partial charge in [0.25, 0.3) is 5.91 Å². The van der Waals surface area contributed by atoms with E-state index in [0.29, 0.717) is 13.0 Å². The molecule has 4 heteroatoms. The summed E-state index contributed by atoms with van der Waals surface area (Å²) in [5.74, 6) is 0.883. The Morgan fingerprint density at radius 3 is 2.62 bits per heavy atom. The van der Waals surface area contributed by atoms with Gasteiger partial charge in [-0.2, -0.15) is 0 Å². The maximum absolute atomic E-state index is 12.6. The third-order valence-corrected chi connectivity index (χ3v) is 5.15. The van der Waals surface area contributed by atoms with Crippen LogP contribution in [0.1, 0.15) is 61.3 Å². The predicted molar refractivity (Wildman–Crippen MR) is 96.6 cm³/mol. The number of unbranched alkanes of at least 4 members (excludes halogenated alkanes) is 3. The molecule has 1 unspecified atom stereocenters. The zero-order chi connectivity index (χ0) is 17.7. The van der Waals surface area contributed by atoms with E-state index in [4.69, 9.17) is 9.84 Å². The van der Waals surface area contributed by atoms with Crippen molar-refractivity contribution in [2.24, 2.45) is 0 Å². The van der Waals surface area contributed by atoms with Crippen LogP contribution >= 0.6 is 0 Å². The molecule has 1 aromatic rings. The number of ether oxygens (including phenoxy) is 1. The van der Waals surface area contributed by atoms with Gasteiger partial charge in [-0.3, -0.25) is 4.79 Å². The van der Waals surface area contributed by atoms with Crippen LogP contribution in [0, 0.1) is 20.8 Å². The predicted octanol–water partition coefficient (Wildman–Crippen LogP) is 3.36. The number of amides is 1. The van der Waals surface area contributed by atoms with E-state index < -0.39 is 5.60 Å². The van der Waals surface area contributed by atoms with Crippen molar-refractivity contribution in [3.05, 3.63) is 28.3 Å². The molecule has 0 saturated carbocycles. The summed E-state index contributed by atoms with van der Waals surface area (Å²) in [4.78, 5) is 12.6. The Bertz CT molecular complexity index is 597. The highest BCUT2D eigenvalue weighted by atomic mass is 16.5. The zero-order valence-electron chi connectivity index (χ0n) is 15.5. The molecule has 134 valence electrons. The van der Waals surface area contributed by atoms with E-state index in [0.717, 1.165) is 43.4 Å². The van der Waals surface area contributed by atoms with Gasteiger partial charge in [-0.1, -0.05) is 18.9 Å². The Labute approximate surface area is 145 Å². The van der Waals surface area contributed by atoms with Crippen molar-refractivity contribution in [2.45, 2.75) is 71.8 Å². The number of carbonyl (C=O) groups is 1. The molecule has 0 spiro atoms. The number of fused-ring (bicyclic) bond motifs is 1. The first kappa shape index (κ1) is 18.8. The number of nitrogens with one attached hydrogen (secondary N) is 1. The molecule has 1 amide bonds. The fourth-order valence-corrected chi connectivity index (χ4v) is 3.33. The van der Waals surface area contributed by atoms with Crippen molar-refractivity contribution in [2.75, 3.05) is 13.2 Å². The van der Waals surface area contributed by atoms with Crippen molar-refractivity contribution < 1.29 is 14.6 Å². The van der Waals surface area contributed by atoms with Gasteiger partial charge in [0.15, 0.2) is 5.60 Å². The third kappa shape index (κ3) is 4.10. The molecule has 2 rings (SSSR count). The second kappa shape index (κ2) is 8.02. The van der Waals surface area contributed by atoms with E-state index in [-0.39, 0.29) is 12.5 Å². The van der Waals surface area contributed by atoms with Gasteiger partial charge in [-0.05, 0) is 69.2 Å². The van der Waals surface area contributed by atoms with Crippen LogP contribution < -0.4 is 10.1 Å². The second-order valence-corrected chi connectivity index (χ2v) is 7.17. The lowest BCUT2D eigenvalue weighted by Gasteiger charge is -2.36. The van der Waals surface area contributed by atoms with E-state index in [9.17, 15) is 4.79 Å². The first-order valence-electron chi connectivity index (χ1n) is 9.07. The highest BCUT2D eigenvalue weighted by Crippen LogP contribution is 2.39. The van der Waals surface area contributed by atoms with Gasteiger partial charge < -0.3 is 15.2 Å². The van der Waals surface area contributed by atoms with Gasteiger partial charge >= 0.3 is 0 Å². The number of hydrogen-bond donors (Lipinski definition) is 2. The van der Waals surface area contributed by atoms with Crippen molar-refractivity contribution in [1.29, 1.82) is 0 Å². The molecular weight excluding hydrogens is 302 g/mol. The smallest absolute Gasteiger partial charge is 0.263 e. The summed E-state index contributed by atoms with van der Waals surface area (Å²) in [5, 5.41) is 11.8. The molecule has 1 heterocycles. The Hall–Kier alpha value is -1.55. The molecule has 0 radical (unpaired) electrons. The molecule has 0 saturated heterocycles. The molecule has 0 aromatic heterocycles. The summed E-state index contributed by atoms with van der Waals surface area (Å²) in [7, 11) is 0. The zero-order valence-corrected chi connectivity index (χ0v) is 15.5. The van der Waals surface area contributed by atoms with Crippen LogP contribution in [-0.4, -0.2) is 29.8 Å². The fourth-order valence-electron chi connectivity index (χ4n) is 3.33. The SMILES string of the molecule is Cc1cc(C)c2c(c1C)OC(C)(C(=O)NCCCCCCO)CC2. The van der Waals surface area contributed by atoms with Gasteiger partial charge in [0.1, 0.15) is 5.75 Å². The van der Waals surface area contributed by atoms with E-state index >= 15 is 0 Å². The molecule has 2 N–H and O–H groups in total. The number of rotatable bonds is 7. The van der Waals surface area contributed by atoms with E-state index in [1.165, 1.54) is 16.7 Å². The van der Waals surface area contributed by atoms with E-state index in [2.05, 4.69) is 32.2 Å². The first-order chi connectivity index (χ1) is 11.4. The molecule has 4 nitrogen and oxygen atoms in total. The van der Waals surface area contributed by atoms with Gasteiger partial charge in [-0.25, -0.2) is 0 Å². The lowest BCUT2D eigenvalue weighted by Crippen LogP contribution is -2.51. The second-order valence-electron chi connectivity index (χ2n) is 7.17. The lowest BCUT2D eigenvalue weighted by atomic mass is 9.87. The van der Waals surface area contributed by atoms with Crippen LogP contribution in [-0.2, 0) is 11.2 Å². The Morgan fingerprint density at radius 1 is 1.21 bits per heavy atom. The van der Waals surface area contributed by atoms with Crippen molar-refractivity contribution >= 4 is 5.91 Å². The van der Waals surface area contributed by atoms with Gasteiger partial charge in [0.05, 0.1) is 0 Å². The fraction of sp³-hybridized carbons (Fsp3) is 0.650. The van der Waals surface area contributed by atoms with Crippen LogP contribution in [0.25, 0.3) is 0 Å². The maximum Gasteiger partial charge on any atom is 0.263 e. The Kier molecular flexibility index (Phi) is 6.27. The van der Waals surface area contributed by atoms with E-state index in [1.807, 2.05) is 6.92 Å². The summed E-state index contributed by atoms with van der Waals surface area (Å²) in [6, 6.07) is 2.20. The molecule has 0 bridgehead atoms. The van der Waals surface area contributed by atoms with Crippen molar-refractivity contribution in [1.82, 2.24) is 5.32 Å². The minimum Gasteiger partial charge on any atom is -0.477 e. The van der Waals surface area contributed by atoms with Gasteiger partial charge in [0.2, 0.25) is 0 Å². The summed E-state index contributed by atoms with van der Waals surface area (Å²) in [5.41, 5.74) is 4.05. The quantitative estimate of drug-likeness (QED) is 0.752. The number of carbonyl (C=O) groups excluding carboxylic acids is 1. The summed E-state index contributed by atoms with van der Waals surface area (Å²) >= 11 is 0. The summed E-state index contributed by atoms with van der Waals surface area (Å²) in [6.45, 7) is 9.08. The molecule has 1 aromatic carbocycles. The number of benzene rings is 1. The molecule has 0 fully saturated rings. The largest absolute Gasteiger partial charge is 0.477 e. The standard InChI is InChI=1S/C20H31NO3/c1-14-13-15(2)17-9-10-20(4,24-18(17)16(14)3)19(23)21-11-7-5-6-8-12-22/h13,22H,5-12H2,1-4H3,(H,21,23). The van der Waals surface area contributed by atoms with Crippen LogP contribution in [0.4, 0.5) is 0 Å². The molecular formula is C20H31NO3. The number of hydrogen-bond acceptors (Lipinski definition) is 3. The van der Waals surface area contributed by atoms with Crippen LogP contribution in [0.15, 0.2) is 6.07 Å². The molecule has 1 aliphatic heterocycles. The monoisotopic (exact) mass is 333 g/mol. The highest BCUT2D eigenvalue weighted by molar-refractivity contribution is 5.85. The minimum absolute atomic E-state index is 0.0196. The van der Waals surface area contributed by atoms with Gasteiger partial charge in [-0.15, -0.1) is 0 Å². The summed E-state index contributed by atoms with van der Waals surface area (Å²) in [6.07, 6.45) is 5.39. The van der Waals surface area contributed by atoms with E-state index in [1.54, 1.807) is 0 Å². The Balaban J connectivity index is 1.98. The number of aryl methyl sites for hydroxylation is 2. The van der Waals surface area contributed by atoms with Crippen LogP contribution in [0.5, 0.6) is 5.75 Å². The molecule has 24 heavy (non-hydrogen) atoms. The first-order valence-corrected chi connectivity index (χ1v) is 9.07. The molecule has 0 aliphatic carbocycles. The minimum atomic E-state index is -0.789. The normalized spacial score (nSPS) is 19.5. The van der Waals surface area contributed by atoms with Crippen molar-refractivity contribution in [3.8, 4) is 5.75 Å². The topological polar surface area (TPSA) is 58.6 Å². The Morgan fingerprint density at radius 2 is 1.92 bits per heavy atom. The maximum atomic E-state index is 12.6. The number of aliphatic hydroxyl groups is 1. The third-order valence-electron chi connectivity index (χ3n) is 5.15. The van der Waals surface area contributed by atoms with Crippen LogP contribution in [0.3, 0.4) is 0 Å². The average molecular weight is 333 g/mol. The van der Waals surface area contributed by atoms with Crippen LogP contribution in [0.2, 0.25) is 0 Å². The number of aliphatic hydroxyl groups excluding tert-OH is 1. The van der Waals surface area contributed by atoms with Crippen molar-refractivity contribution in [3.63, 3.8) is 0 Å². The lowest BCUT2D eigenvalue weighted by molar-refractivity contribution is -0.136. The highest BCUT2D eigenvalue weighted by Gasteiger charge is 2.39.